The molecular weight excluding hydrogens is 168 g/mol. The molecule has 0 amide bonds. The van der Waals surface area contributed by atoms with Gasteiger partial charge in [0.1, 0.15) is 0 Å². The van der Waals surface area contributed by atoms with Gasteiger partial charge in [-0.05, 0) is 11.8 Å². The van der Waals surface area contributed by atoms with E-state index in [1.54, 1.807) is 6.92 Å². The standard InChI is InChI=1S/C10H22O3/c1-9(2,3)5-8(13)10(4,6-11)7-12/h8,11-13H,5-7H2,1-4H3. The van der Waals surface area contributed by atoms with E-state index in [4.69, 9.17) is 10.2 Å². The number of hydrogen-bond donors (Lipinski definition) is 3. The van der Waals surface area contributed by atoms with E-state index in [9.17, 15) is 5.11 Å². The van der Waals surface area contributed by atoms with Crippen molar-refractivity contribution >= 4 is 0 Å². The lowest BCUT2D eigenvalue weighted by Crippen LogP contribution is -2.41. The van der Waals surface area contributed by atoms with Crippen molar-refractivity contribution < 1.29 is 15.3 Å². The van der Waals surface area contributed by atoms with Crippen LogP contribution in [0.25, 0.3) is 0 Å². The number of rotatable bonds is 4. The summed E-state index contributed by atoms with van der Waals surface area (Å²) in [4.78, 5) is 0. The van der Waals surface area contributed by atoms with Crippen molar-refractivity contribution in [2.45, 2.75) is 40.2 Å². The van der Waals surface area contributed by atoms with Gasteiger partial charge in [0.25, 0.3) is 0 Å². The maximum atomic E-state index is 9.78. The van der Waals surface area contributed by atoms with Gasteiger partial charge in [0.05, 0.1) is 19.3 Å². The van der Waals surface area contributed by atoms with E-state index in [1.807, 2.05) is 20.8 Å². The SMILES string of the molecule is CC(C)(C)CC(O)C(C)(CO)CO. The summed E-state index contributed by atoms with van der Waals surface area (Å²) in [5.74, 6) is 0. The molecule has 0 spiro atoms. The Hall–Kier alpha value is -0.120. The first-order chi connectivity index (χ1) is 5.75. The third-order valence-electron chi connectivity index (χ3n) is 2.33. The highest BCUT2D eigenvalue weighted by atomic mass is 16.3. The Balaban J connectivity index is 4.31. The molecule has 0 aliphatic heterocycles. The van der Waals surface area contributed by atoms with E-state index in [-0.39, 0.29) is 18.6 Å². The summed E-state index contributed by atoms with van der Waals surface area (Å²) in [5.41, 5.74) is -0.779. The first kappa shape index (κ1) is 12.9. The molecule has 80 valence electrons. The second kappa shape index (κ2) is 4.40. The van der Waals surface area contributed by atoms with Crippen molar-refractivity contribution in [3.8, 4) is 0 Å². The predicted molar refractivity (Wildman–Crippen MR) is 52.4 cm³/mol. The fourth-order valence-corrected chi connectivity index (χ4v) is 1.09. The predicted octanol–water partition coefficient (Wildman–Crippen LogP) is 0.774. The minimum absolute atomic E-state index is 0.00498. The van der Waals surface area contributed by atoms with Crippen molar-refractivity contribution in [2.75, 3.05) is 13.2 Å². The Morgan fingerprint density at radius 1 is 1.00 bits per heavy atom. The normalized spacial score (nSPS) is 15.9. The summed E-state index contributed by atoms with van der Waals surface area (Å²) in [6.45, 7) is 7.35. The Kier molecular flexibility index (Phi) is 4.36. The molecule has 1 unspecified atom stereocenters. The van der Waals surface area contributed by atoms with Crippen molar-refractivity contribution in [3.63, 3.8) is 0 Å². The Bertz CT molecular complexity index is 145. The fraction of sp³-hybridized carbons (Fsp3) is 1.00. The van der Waals surface area contributed by atoms with Gasteiger partial charge in [-0.2, -0.15) is 0 Å². The van der Waals surface area contributed by atoms with E-state index in [0.717, 1.165) is 0 Å². The highest BCUT2D eigenvalue weighted by Gasteiger charge is 2.34. The molecule has 0 aromatic carbocycles. The minimum Gasteiger partial charge on any atom is -0.396 e. The lowest BCUT2D eigenvalue weighted by molar-refractivity contribution is -0.0568. The zero-order valence-electron chi connectivity index (χ0n) is 9.04. The molecule has 3 nitrogen and oxygen atoms in total. The number of aliphatic hydroxyl groups excluding tert-OH is 3. The van der Waals surface area contributed by atoms with Gasteiger partial charge >= 0.3 is 0 Å². The van der Waals surface area contributed by atoms with Crippen LogP contribution in [0, 0.1) is 10.8 Å². The molecule has 0 fully saturated rings. The molecule has 0 saturated carbocycles. The van der Waals surface area contributed by atoms with Crippen LogP contribution < -0.4 is 0 Å². The Labute approximate surface area is 80.4 Å². The van der Waals surface area contributed by atoms with E-state index >= 15 is 0 Å². The van der Waals surface area contributed by atoms with Crippen molar-refractivity contribution in [1.82, 2.24) is 0 Å². The molecule has 0 heterocycles. The van der Waals surface area contributed by atoms with Gasteiger partial charge in [-0.1, -0.05) is 27.7 Å². The van der Waals surface area contributed by atoms with Crippen molar-refractivity contribution in [2.24, 2.45) is 10.8 Å². The van der Waals surface area contributed by atoms with Gasteiger partial charge in [0.15, 0.2) is 0 Å². The molecular formula is C10H22O3. The van der Waals surface area contributed by atoms with Gasteiger partial charge < -0.3 is 15.3 Å². The molecule has 1 atom stereocenters. The average Bonchev–Trinajstić information content (AvgIpc) is 2.00. The smallest absolute Gasteiger partial charge is 0.0642 e. The summed E-state index contributed by atoms with van der Waals surface area (Å²) in [7, 11) is 0. The van der Waals surface area contributed by atoms with Crippen LogP contribution in [0.15, 0.2) is 0 Å². The third kappa shape index (κ3) is 4.07. The van der Waals surface area contributed by atoms with E-state index < -0.39 is 11.5 Å². The summed E-state index contributed by atoms with van der Waals surface area (Å²) in [6, 6.07) is 0. The monoisotopic (exact) mass is 190 g/mol. The summed E-state index contributed by atoms with van der Waals surface area (Å²) in [5, 5.41) is 27.8. The first-order valence-corrected chi connectivity index (χ1v) is 4.65. The summed E-state index contributed by atoms with van der Waals surface area (Å²) >= 11 is 0. The quantitative estimate of drug-likeness (QED) is 0.614. The van der Waals surface area contributed by atoms with Gasteiger partial charge in [-0.3, -0.25) is 0 Å². The van der Waals surface area contributed by atoms with E-state index in [0.29, 0.717) is 6.42 Å². The molecule has 3 N–H and O–H groups in total. The molecule has 0 aliphatic rings. The van der Waals surface area contributed by atoms with E-state index in [1.165, 1.54) is 0 Å². The molecule has 13 heavy (non-hydrogen) atoms. The average molecular weight is 190 g/mol. The van der Waals surface area contributed by atoms with Crippen molar-refractivity contribution in [3.05, 3.63) is 0 Å². The first-order valence-electron chi connectivity index (χ1n) is 4.65. The Morgan fingerprint density at radius 3 is 1.62 bits per heavy atom. The van der Waals surface area contributed by atoms with Gasteiger partial charge in [-0.15, -0.1) is 0 Å². The van der Waals surface area contributed by atoms with Crippen LogP contribution in [-0.4, -0.2) is 34.6 Å². The maximum Gasteiger partial charge on any atom is 0.0642 e. The second-order valence-corrected chi connectivity index (χ2v) is 5.25. The molecule has 0 aliphatic carbocycles. The lowest BCUT2D eigenvalue weighted by atomic mass is 9.77. The molecule has 0 radical (unpaired) electrons. The molecule has 0 bridgehead atoms. The molecule has 0 aromatic heterocycles. The molecule has 0 saturated heterocycles. The van der Waals surface area contributed by atoms with Crippen molar-refractivity contribution in [1.29, 1.82) is 0 Å². The summed E-state index contributed by atoms with van der Waals surface area (Å²) in [6.07, 6.45) is -0.0903. The van der Waals surface area contributed by atoms with Crippen LogP contribution in [0.3, 0.4) is 0 Å². The van der Waals surface area contributed by atoms with Crippen LogP contribution >= 0.6 is 0 Å². The molecule has 0 rings (SSSR count). The maximum absolute atomic E-state index is 9.78. The highest BCUT2D eigenvalue weighted by Crippen LogP contribution is 2.30. The fourth-order valence-electron chi connectivity index (χ4n) is 1.09. The van der Waals surface area contributed by atoms with Gasteiger partial charge in [-0.25, -0.2) is 0 Å². The minimum atomic E-state index is -0.784. The van der Waals surface area contributed by atoms with Crippen LogP contribution in [0.4, 0.5) is 0 Å². The molecule has 3 heteroatoms. The van der Waals surface area contributed by atoms with Crippen LogP contribution in [0.2, 0.25) is 0 Å². The highest BCUT2D eigenvalue weighted by molar-refractivity contribution is 4.84. The van der Waals surface area contributed by atoms with Gasteiger partial charge in [0.2, 0.25) is 0 Å². The van der Waals surface area contributed by atoms with Crippen LogP contribution in [0.1, 0.15) is 34.1 Å². The topological polar surface area (TPSA) is 60.7 Å². The summed E-state index contributed by atoms with van der Waals surface area (Å²) < 4.78 is 0. The largest absolute Gasteiger partial charge is 0.396 e. The van der Waals surface area contributed by atoms with Gasteiger partial charge in [0, 0.05) is 5.41 Å². The lowest BCUT2D eigenvalue weighted by Gasteiger charge is -2.34. The molecule has 0 aromatic rings. The zero-order chi connectivity index (χ0) is 10.7. The zero-order valence-corrected chi connectivity index (χ0v) is 9.04. The van der Waals surface area contributed by atoms with E-state index in [2.05, 4.69) is 0 Å². The van der Waals surface area contributed by atoms with Crippen LogP contribution in [0.5, 0.6) is 0 Å². The third-order valence-corrected chi connectivity index (χ3v) is 2.33. The van der Waals surface area contributed by atoms with Crippen LogP contribution in [-0.2, 0) is 0 Å². The Morgan fingerprint density at radius 2 is 1.38 bits per heavy atom. The second-order valence-electron chi connectivity index (χ2n) is 5.25. The number of hydrogen-bond acceptors (Lipinski definition) is 3. The number of aliphatic hydroxyl groups is 3.